The monoisotopic (exact) mass is 357 g/mol. The van der Waals surface area contributed by atoms with Crippen molar-refractivity contribution in [3.05, 3.63) is 77.1 Å². The number of likely N-dealkylation sites (N-methyl/N-ethyl adjacent to an activating group) is 1. The topological polar surface area (TPSA) is 62.9 Å². The van der Waals surface area contributed by atoms with E-state index in [1.165, 1.54) is 0 Å². The fourth-order valence-corrected chi connectivity index (χ4v) is 3.25. The highest BCUT2D eigenvalue weighted by atomic mass is 16.2. The SMILES string of the molecule is Cc1nn(-c2ccccc2)c(C)c1/C=N\N=C1\C(=O)N(C)c2ccccc21. The van der Waals surface area contributed by atoms with Crippen LogP contribution in [0, 0.1) is 13.8 Å². The molecule has 2 heterocycles. The third kappa shape index (κ3) is 2.85. The van der Waals surface area contributed by atoms with E-state index in [1.54, 1.807) is 18.2 Å². The van der Waals surface area contributed by atoms with E-state index in [4.69, 9.17) is 0 Å². The number of fused-ring (bicyclic) bond motifs is 1. The number of amides is 1. The van der Waals surface area contributed by atoms with Crippen LogP contribution in [0.25, 0.3) is 5.69 Å². The predicted octanol–water partition coefficient (Wildman–Crippen LogP) is 3.29. The smallest absolute Gasteiger partial charge is 0.279 e. The van der Waals surface area contributed by atoms with Crippen molar-refractivity contribution in [3.63, 3.8) is 0 Å². The van der Waals surface area contributed by atoms with Gasteiger partial charge < -0.3 is 4.90 Å². The summed E-state index contributed by atoms with van der Waals surface area (Å²) < 4.78 is 1.88. The number of aromatic nitrogens is 2. The van der Waals surface area contributed by atoms with Crippen LogP contribution in [-0.4, -0.2) is 34.7 Å². The second kappa shape index (κ2) is 6.64. The highest BCUT2D eigenvalue weighted by molar-refractivity contribution is 6.54. The Labute approximate surface area is 157 Å². The summed E-state index contributed by atoms with van der Waals surface area (Å²) in [6.07, 6.45) is 1.66. The third-order valence-electron chi connectivity index (χ3n) is 4.72. The molecular weight excluding hydrogens is 338 g/mol. The van der Waals surface area contributed by atoms with Crippen molar-refractivity contribution < 1.29 is 4.79 Å². The van der Waals surface area contributed by atoms with Crippen LogP contribution in [0.5, 0.6) is 0 Å². The van der Waals surface area contributed by atoms with Gasteiger partial charge in [-0.2, -0.15) is 10.2 Å². The Morgan fingerprint density at radius 1 is 1.00 bits per heavy atom. The number of carbonyl (C=O) groups excluding carboxylic acids is 1. The molecular formula is C21H19N5O. The van der Waals surface area contributed by atoms with Crippen LogP contribution < -0.4 is 4.90 Å². The molecule has 1 aliphatic rings. The average Bonchev–Trinajstić information content (AvgIpc) is 3.11. The summed E-state index contributed by atoms with van der Waals surface area (Å²) in [6, 6.07) is 17.5. The molecule has 1 aromatic heterocycles. The number of aryl methyl sites for hydroxylation is 1. The van der Waals surface area contributed by atoms with E-state index < -0.39 is 0 Å². The molecule has 0 radical (unpaired) electrons. The highest BCUT2D eigenvalue weighted by Gasteiger charge is 2.31. The van der Waals surface area contributed by atoms with Gasteiger partial charge >= 0.3 is 0 Å². The molecule has 3 aromatic rings. The summed E-state index contributed by atoms with van der Waals surface area (Å²) >= 11 is 0. The number of hydrogen-bond donors (Lipinski definition) is 0. The molecule has 0 bridgehead atoms. The van der Waals surface area contributed by atoms with Gasteiger partial charge in [-0.05, 0) is 32.0 Å². The van der Waals surface area contributed by atoms with Gasteiger partial charge in [-0.3, -0.25) is 4.79 Å². The van der Waals surface area contributed by atoms with E-state index in [-0.39, 0.29) is 5.91 Å². The second-order valence-electron chi connectivity index (χ2n) is 6.41. The minimum Gasteiger partial charge on any atom is -0.309 e. The van der Waals surface area contributed by atoms with Crippen LogP contribution in [0.1, 0.15) is 22.5 Å². The van der Waals surface area contributed by atoms with Gasteiger partial charge in [-0.1, -0.05) is 36.4 Å². The first-order valence-corrected chi connectivity index (χ1v) is 8.68. The first kappa shape index (κ1) is 16.9. The van der Waals surface area contributed by atoms with Gasteiger partial charge in [0.2, 0.25) is 0 Å². The average molecular weight is 357 g/mol. The van der Waals surface area contributed by atoms with Gasteiger partial charge in [-0.25, -0.2) is 4.68 Å². The molecule has 2 aromatic carbocycles. The quantitative estimate of drug-likeness (QED) is 0.533. The summed E-state index contributed by atoms with van der Waals surface area (Å²) in [5.41, 5.74) is 5.72. The molecule has 0 fully saturated rings. The molecule has 0 aliphatic carbocycles. The minimum atomic E-state index is -0.151. The number of hydrogen-bond acceptors (Lipinski definition) is 4. The zero-order chi connectivity index (χ0) is 19.0. The summed E-state index contributed by atoms with van der Waals surface area (Å²) in [7, 11) is 1.74. The van der Waals surface area contributed by atoms with Gasteiger partial charge in [0, 0.05) is 18.2 Å². The lowest BCUT2D eigenvalue weighted by Crippen LogP contribution is -2.25. The number of para-hydroxylation sites is 2. The highest BCUT2D eigenvalue weighted by Crippen LogP contribution is 2.27. The predicted molar refractivity (Wildman–Crippen MR) is 107 cm³/mol. The zero-order valence-corrected chi connectivity index (χ0v) is 15.4. The Kier molecular flexibility index (Phi) is 4.16. The van der Waals surface area contributed by atoms with Crippen LogP contribution in [0.3, 0.4) is 0 Å². The Hall–Kier alpha value is -3.54. The lowest BCUT2D eigenvalue weighted by molar-refractivity contribution is -0.111. The molecule has 0 atom stereocenters. The third-order valence-corrected chi connectivity index (χ3v) is 4.72. The van der Waals surface area contributed by atoms with Crippen LogP contribution >= 0.6 is 0 Å². The Balaban J connectivity index is 1.68. The van der Waals surface area contributed by atoms with Crippen molar-refractivity contribution in [2.45, 2.75) is 13.8 Å². The van der Waals surface area contributed by atoms with Crippen LogP contribution in [0.2, 0.25) is 0 Å². The Morgan fingerprint density at radius 3 is 2.48 bits per heavy atom. The van der Waals surface area contributed by atoms with E-state index in [1.807, 2.05) is 73.1 Å². The molecule has 134 valence electrons. The molecule has 0 N–H and O–H groups in total. The standard InChI is InChI=1S/C21H19N5O/c1-14-18(15(2)26(24-14)16-9-5-4-6-10-16)13-22-23-20-17-11-7-8-12-19(17)25(3)21(20)27/h4-13H,1-3H3/b22-13-,23-20+. The molecule has 1 amide bonds. The van der Waals surface area contributed by atoms with Gasteiger partial charge in [0.25, 0.3) is 5.91 Å². The zero-order valence-electron chi connectivity index (χ0n) is 15.4. The van der Waals surface area contributed by atoms with E-state index in [0.717, 1.165) is 33.9 Å². The van der Waals surface area contributed by atoms with Crippen molar-refractivity contribution in [2.24, 2.45) is 10.2 Å². The maximum Gasteiger partial charge on any atom is 0.279 e. The first-order valence-electron chi connectivity index (χ1n) is 8.68. The molecule has 0 saturated carbocycles. The van der Waals surface area contributed by atoms with Crippen LogP contribution in [-0.2, 0) is 4.79 Å². The van der Waals surface area contributed by atoms with Crippen LogP contribution in [0.15, 0.2) is 64.8 Å². The number of benzene rings is 2. The van der Waals surface area contributed by atoms with E-state index in [0.29, 0.717) is 5.71 Å². The first-order chi connectivity index (χ1) is 13.1. The van der Waals surface area contributed by atoms with Crippen molar-refractivity contribution in [1.82, 2.24) is 9.78 Å². The Morgan fingerprint density at radius 2 is 1.70 bits per heavy atom. The Bertz CT molecular complexity index is 1080. The van der Waals surface area contributed by atoms with E-state index >= 15 is 0 Å². The van der Waals surface area contributed by atoms with Gasteiger partial charge in [0.1, 0.15) is 0 Å². The normalized spacial score (nSPS) is 15.1. The summed E-state index contributed by atoms with van der Waals surface area (Å²) in [5, 5.41) is 13.0. The summed E-state index contributed by atoms with van der Waals surface area (Å²) in [5.74, 6) is -0.151. The van der Waals surface area contributed by atoms with Gasteiger partial charge in [0.05, 0.1) is 29.0 Å². The fraction of sp³-hybridized carbons (Fsp3) is 0.143. The van der Waals surface area contributed by atoms with Gasteiger partial charge in [0.15, 0.2) is 5.71 Å². The molecule has 0 unspecified atom stereocenters. The number of carbonyl (C=O) groups is 1. The molecule has 27 heavy (non-hydrogen) atoms. The summed E-state index contributed by atoms with van der Waals surface area (Å²) in [6.45, 7) is 3.93. The molecule has 0 spiro atoms. The lowest BCUT2D eigenvalue weighted by Gasteiger charge is -2.07. The number of anilines is 1. The molecule has 0 saturated heterocycles. The second-order valence-corrected chi connectivity index (χ2v) is 6.41. The molecule has 6 heteroatoms. The van der Waals surface area contributed by atoms with Crippen molar-refractivity contribution in [1.29, 1.82) is 0 Å². The lowest BCUT2D eigenvalue weighted by atomic mass is 10.1. The summed E-state index contributed by atoms with van der Waals surface area (Å²) in [4.78, 5) is 14.0. The number of nitrogens with zero attached hydrogens (tertiary/aromatic N) is 5. The van der Waals surface area contributed by atoms with Crippen molar-refractivity contribution >= 4 is 23.5 Å². The maximum atomic E-state index is 12.4. The van der Waals surface area contributed by atoms with Crippen molar-refractivity contribution in [3.8, 4) is 5.69 Å². The van der Waals surface area contributed by atoms with Crippen molar-refractivity contribution in [2.75, 3.05) is 11.9 Å². The van der Waals surface area contributed by atoms with Gasteiger partial charge in [-0.15, -0.1) is 5.10 Å². The maximum absolute atomic E-state index is 12.4. The minimum absolute atomic E-state index is 0.151. The number of rotatable bonds is 3. The molecule has 6 nitrogen and oxygen atoms in total. The molecule has 4 rings (SSSR count). The fourth-order valence-electron chi connectivity index (χ4n) is 3.25. The largest absolute Gasteiger partial charge is 0.309 e. The van der Waals surface area contributed by atoms with E-state index in [2.05, 4.69) is 15.3 Å². The molecule has 1 aliphatic heterocycles. The van der Waals surface area contributed by atoms with E-state index in [9.17, 15) is 4.79 Å². The van der Waals surface area contributed by atoms with Crippen LogP contribution in [0.4, 0.5) is 5.69 Å².